The summed E-state index contributed by atoms with van der Waals surface area (Å²) in [6.45, 7) is -0.107. The summed E-state index contributed by atoms with van der Waals surface area (Å²) in [6.07, 6.45) is 0. The van der Waals surface area contributed by atoms with Gasteiger partial charge < -0.3 is 15.2 Å². The second-order valence-electron chi connectivity index (χ2n) is 2.94. The van der Waals surface area contributed by atoms with Crippen LogP contribution in [0.4, 0.5) is 0 Å². The topological polar surface area (TPSA) is 56.2 Å². The van der Waals surface area contributed by atoms with Crippen LogP contribution >= 0.6 is 0 Å². The number of fused-ring (bicyclic) bond motifs is 1. The van der Waals surface area contributed by atoms with Gasteiger partial charge in [0.15, 0.2) is 0 Å². The lowest BCUT2D eigenvalue weighted by molar-refractivity contribution is 0.258. The summed E-state index contributed by atoms with van der Waals surface area (Å²) in [6, 6.07) is 7.68. The van der Waals surface area contributed by atoms with Gasteiger partial charge in [-0.3, -0.25) is 0 Å². The van der Waals surface area contributed by atoms with Crippen LogP contribution in [0.3, 0.4) is 0 Å². The molecule has 0 saturated carbocycles. The molecule has 0 atom stereocenters. The van der Waals surface area contributed by atoms with E-state index in [1.54, 1.807) is 0 Å². The normalized spacial score (nSPS) is 10.9. The molecule has 68 valence electrons. The van der Waals surface area contributed by atoms with Crippen molar-refractivity contribution in [1.29, 1.82) is 0 Å². The molecule has 3 N–H and O–H groups in total. The van der Waals surface area contributed by atoms with Crippen molar-refractivity contribution in [3.05, 3.63) is 35.5 Å². The quantitative estimate of drug-likeness (QED) is 0.644. The second kappa shape index (κ2) is 3.20. The summed E-state index contributed by atoms with van der Waals surface area (Å²) in [5, 5.41) is 19.1. The highest BCUT2D eigenvalue weighted by atomic mass is 16.3. The smallest absolute Gasteiger partial charge is 0.0834 e. The van der Waals surface area contributed by atoms with Gasteiger partial charge >= 0.3 is 0 Å². The number of nitrogens with one attached hydrogen (secondary N) is 1. The Bertz CT molecular complexity index is 420. The standard InChI is InChI=1S/C10H11NO2/c12-5-8-7-3-1-2-4-9(7)11-10(8)6-13/h1-4,11-13H,5-6H2. The van der Waals surface area contributed by atoms with Gasteiger partial charge in [-0.05, 0) is 6.07 Å². The van der Waals surface area contributed by atoms with Crippen molar-refractivity contribution in [3.63, 3.8) is 0 Å². The summed E-state index contributed by atoms with van der Waals surface area (Å²) in [5.74, 6) is 0. The lowest BCUT2D eigenvalue weighted by atomic mass is 10.1. The van der Waals surface area contributed by atoms with Gasteiger partial charge in [-0.2, -0.15) is 0 Å². The van der Waals surface area contributed by atoms with Crippen molar-refractivity contribution >= 4 is 10.9 Å². The number of aliphatic hydroxyl groups is 2. The summed E-state index contributed by atoms with van der Waals surface area (Å²) in [4.78, 5) is 3.05. The van der Waals surface area contributed by atoms with Crippen molar-refractivity contribution in [3.8, 4) is 0 Å². The van der Waals surface area contributed by atoms with Crippen molar-refractivity contribution in [1.82, 2.24) is 4.98 Å². The van der Waals surface area contributed by atoms with Gasteiger partial charge in [-0.1, -0.05) is 18.2 Å². The molecule has 3 nitrogen and oxygen atoms in total. The Hall–Kier alpha value is -1.32. The molecule has 13 heavy (non-hydrogen) atoms. The van der Waals surface area contributed by atoms with E-state index in [0.717, 1.165) is 16.5 Å². The fourth-order valence-corrected chi connectivity index (χ4v) is 1.57. The molecule has 0 fully saturated rings. The minimum Gasteiger partial charge on any atom is -0.392 e. The van der Waals surface area contributed by atoms with Crippen LogP contribution in [0, 0.1) is 0 Å². The first kappa shape index (κ1) is 8.29. The Labute approximate surface area is 75.6 Å². The number of aromatic amines is 1. The van der Waals surface area contributed by atoms with E-state index in [1.165, 1.54) is 0 Å². The van der Waals surface area contributed by atoms with Crippen LogP contribution in [-0.4, -0.2) is 15.2 Å². The average molecular weight is 177 g/mol. The van der Waals surface area contributed by atoms with E-state index in [2.05, 4.69) is 4.98 Å². The molecule has 0 aliphatic rings. The monoisotopic (exact) mass is 177 g/mol. The minimum atomic E-state index is -0.0649. The third-order valence-corrected chi connectivity index (χ3v) is 2.22. The molecule has 2 rings (SSSR count). The molecule has 3 heteroatoms. The van der Waals surface area contributed by atoms with Crippen LogP contribution in [0.5, 0.6) is 0 Å². The molecule has 0 saturated heterocycles. The van der Waals surface area contributed by atoms with Gasteiger partial charge in [0.05, 0.1) is 13.2 Å². The van der Waals surface area contributed by atoms with E-state index in [-0.39, 0.29) is 13.2 Å². The number of H-pyrrole nitrogens is 1. The summed E-state index contributed by atoms with van der Waals surface area (Å²) < 4.78 is 0. The number of hydrogen-bond acceptors (Lipinski definition) is 2. The first-order chi connectivity index (χ1) is 6.36. The number of para-hydroxylation sites is 1. The number of aliphatic hydroxyl groups excluding tert-OH is 2. The fourth-order valence-electron chi connectivity index (χ4n) is 1.57. The molecule has 0 amide bonds. The predicted molar refractivity (Wildman–Crippen MR) is 50.1 cm³/mol. The second-order valence-corrected chi connectivity index (χ2v) is 2.94. The van der Waals surface area contributed by atoms with Gasteiger partial charge in [0, 0.05) is 22.2 Å². The summed E-state index contributed by atoms with van der Waals surface area (Å²) >= 11 is 0. The van der Waals surface area contributed by atoms with Crippen molar-refractivity contribution in [2.45, 2.75) is 13.2 Å². The SMILES string of the molecule is OCc1[nH]c2ccccc2c1CO. The lowest BCUT2D eigenvalue weighted by Crippen LogP contribution is -1.90. The zero-order valence-electron chi connectivity index (χ0n) is 7.12. The highest BCUT2D eigenvalue weighted by Gasteiger charge is 2.08. The van der Waals surface area contributed by atoms with Crippen LogP contribution in [0.15, 0.2) is 24.3 Å². The Morgan fingerprint density at radius 3 is 2.54 bits per heavy atom. The number of aromatic nitrogens is 1. The summed E-state index contributed by atoms with van der Waals surface area (Å²) in [7, 11) is 0. The molecule has 2 aromatic rings. The van der Waals surface area contributed by atoms with Gasteiger partial charge in [-0.25, -0.2) is 0 Å². The van der Waals surface area contributed by atoms with E-state index in [1.807, 2.05) is 24.3 Å². The summed E-state index contributed by atoms with van der Waals surface area (Å²) in [5.41, 5.74) is 2.44. The predicted octanol–water partition coefficient (Wildman–Crippen LogP) is 1.15. The average Bonchev–Trinajstić information content (AvgIpc) is 2.55. The first-order valence-electron chi connectivity index (χ1n) is 4.17. The van der Waals surface area contributed by atoms with Gasteiger partial charge in [0.25, 0.3) is 0 Å². The number of benzene rings is 1. The van der Waals surface area contributed by atoms with E-state index < -0.39 is 0 Å². The van der Waals surface area contributed by atoms with E-state index >= 15 is 0 Å². The zero-order valence-corrected chi connectivity index (χ0v) is 7.12. The molecule has 0 aliphatic heterocycles. The van der Waals surface area contributed by atoms with E-state index in [4.69, 9.17) is 10.2 Å². The van der Waals surface area contributed by atoms with Gasteiger partial charge in [-0.15, -0.1) is 0 Å². The van der Waals surface area contributed by atoms with Gasteiger partial charge in [0.2, 0.25) is 0 Å². The first-order valence-corrected chi connectivity index (χ1v) is 4.17. The molecule has 0 radical (unpaired) electrons. The molecular formula is C10H11NO2. The molecular weight excluding hydrogens is 166 g/mol. The maximum absolute atomic E-state index is 9.11. The molecule has 0 spiro atoms. The maximum Gasteiger partial charge on any atom is 0.0834 e. The van der Waals surface area contributed by atoms with E-state index in [0.29, 0.717) is 5.69 Å². The molecule has 0 unspecified atom stereocenters. The van der Waals surface area contributed by atoms with Crippen molar-refractivity contribution < 1.29 is 10.2 Å². The molecule has 0 aliphatic carbocycles. The van der Waals surface area contributed by atoms with Crippen LogP contribution in [-0.2, 0) is 13.2 Å². The Morgan fingerprint density at radius 1 is 1.08 bits per heavy atom. The molecule has 1 aromatic heterocycles. The number of rotatable bonds is 2. The van der Waals surface area contributed by atoms with Crippen molar-refractivity contribution in [2.75, 3.05) is 0 Å². The highest BCUT2D eigenvalue weighted by Crippen LogP contribution is 2.21. The molecule has 1 heterocycles. The fraction of sp³-hybridized carbons (Fsp3) is 0.200. The third-order valence-electron chi connectivity index (χ3n) is 2.22. The lowest BCUT2D eigenvalue weighted by Gasteiger charge is -1.95. The zero-order chi connectivity index (χ0) is 9.26. The third kappa shape index (κ3) is 1.22. The van der Waals surface area contributed by atoms with E-state index in [9.17, 15) is 0 Å². The Balaban J connectivity index is 2.73. The Kier molecular flexibility index (Phi) is 2.04. The Morgan fingerprint density at radius 2 is 1.85 bits per heavy atom. The van der Waals surface area contributed by atoms with Crippen LogP contribution in [0.2, 0.25) is 0 Å². The minimum absolute atomic E-state index is 0.0418. The molecule has 0 bridgehead atoms. The largest absolute Gasteiger partial charge is 0.392 e. The van der Waals surface area contributed by atoms with Crippen LogP contribution in [0.25, 0.3) is 10.9 Å². The maximum atomic E-state index is 9.11. The molecule has 1 aromatic carbocycles. The van der Waals surface area contributed by atoms with Crippen molar-refractivity contribution in [2.24, 2.45) is 0 Å². The van der Waals surface area contributed by atoms with Crippen LogP contribution < -0.4 is 0 Å². The highest BCUT2D eigenvalue weighted by molar-refractivity contribution is 5.84. The van der Waals surface area contributed by atoms with Crippen LogP contribution in [0.1, 0.15) is 11.3 Å². The van der Waals surface area contributed by atoms with Gasteiger partial charge in [0.1, 0.15) is 0 Å². The number of hydrogen-bond donors (Lipinski definition) is 3.